The Morgan fingerprint density at radius 1 is 1.06 bits per heavy atom. The van der Waals surface area contributed by atoms with Gasteiger partial charge in [0.2, 0.25) is 0 Å². The van der Waals surface area contributed by atoms with Crippen LogP contribution in [0.15, 0.2) is 24.3 Å². The molecule has 0 N–H and O–H groups in total. The Labute approximate surface area is 101 Å². The highest BCUT2D eigenvalue weighted by atomic mass is 16.2. The van der Waals surface area contributed by atoms with E-state index in [-0.39, 0.29) is 6.15 Å². The van der Waals surface area contributed by atoms with E-state index in [9.17, 15) is 4.79 Å². The standard InChI is InChI=1S/C13H16O.CO2/c1-10-2-4-11(5-3-10)12-6-8-13(14)9-7-12;2-1-3/h2-5,12H,6-9H2,1H3;. The van der Waals surface area contributed by atoms with Gasteiger partial charge in [0.1, 0.15) is 5.78 Å². The van der Waals surface area contributed by atoms with Crippen LogP contribution >= 0.6 is 0 Å². The van der Waals surface area contributed by atoms with Crippen molar-refractivity contribution >= 4 is 11.9 Å². The van der Waals surface area contributed by atoms with Crippen molar-refractivity contribution in [2.75, 3.05) is 0 Å². The second-order valence-electron chi connectivity index (χ2n) is 4.31. The lowest BCUT2D eigenvalue weighted by atomic mass is 9.83. The number of Topliss-reactive ketones (excluding diaryl/α,β-unsaturated/α-hetero) is 1. The van der Waals surface area contributed by atoms with Crippen molar-refractivity contribution in [3.05, 3.63) is 35.4 Å². The van der Waals surface area contributed by atoms with Gasteiger partial charge in [-0.05, 0) is 31.2 Å². The summed E-state index contributed by atoms with van der Waals surface area (Å²) in [5.41, 5.74) is 2.71. The Morgan fingerprint density at radius 2 is 1.53 bits per heavy atom. The minimum atomic E-state index is 0.250. The number of aryl methyl sites for hydroxylation is 1. The van der Waals surface area contributed by atoms with Crippen molar-refractivity contribution in [2.45, 2.75) is 38.5 Å². The second kappa shape index (κ2) is 6.77. The molecule has 0 spiro atoms. The maximum absolute atomic E-state index is 11.1. The van der Waals surface area contributed by atoms with Crippen LogP contribution in [0.1, 0.15) is 42.7 Å². The fourth-order valence-electron chi connectivity index (χ4n) is 2.11. The SMILES string of the molecule is Cc1ccc(C2CCC(=O)CC2)cc1.O=C=O. The van der Waals surface area contributed by atoms with E-state index < -0.39 is 0 Å². The van der Waals surface area contributed by atoms with Crippen LogP contribution in [0.3, 0.4) is 0 Å². The molecule has 3 heteroatoms. The number of carbonyl (C=O) groups is 1. The first kappa shape index (κ1) is 13.3. The number of hydrogen-bond acceptors (Lipinski definition) is 3. The van der Waals surface area contributed by atoms with Crippen molar-refractivity contribution in [3.63, 3.8) is 0 Å². The van der Waals surface area contributed by atoms with E-state index in [0.29, 0.717) is 11.7 Å². The van der Waals surface area contributed by atoms with Crippen molar-refractivity contribution < 1.29 is 14.4 Å². The normalized spacial score (nSPS) is 15.7. The van der Waals surface area contributed by atoms with Gasteiger partial charge in [-0.25, -0.2) is 0 Å². The van der Waals surface area contributed by atoms with E-state index in [2.05, 4.69) is 31.2 Å². The summed E-state index contributed by atoms with van der Waals surface area (Å²) in [6, 6.07) is 8.73. The monoisotopic (exact) mass is 232 g/mol. The maximum Gasteiger partial charge on any atom is 0.373 e. The minimum absolute atomic E-state index is 0.250. The van der Waals surface area contributed by atoms with Gasteiger partial charge in [-0.15, -0.1) is 0 Å². The maximum atomic E-state index is 11.1. The molecule has 1 aromatic carbocycles. The molecule has 1 saturated carbocycles. The van der Waals surface area contributed by atoms with E-state index >= 15 is 0 Å². The molecule has 0 aromatic heterocycles. The van der Waals surface area contributed by atoms with Gasteiger partial charge in [-0.2, -0.15) is 9.59 Å². The highest BCUT2D eigenvalue weighted by molar-refractivity contribution is 5.79. The Kier molecular flexibility index (Phi) is 5.31. The number of benzene rings is 1. The number of ketones is 1. The molecule has 1 aliphatic carbocycles. The molecule has 17 heavy (non-hydrogen) atoms. The molecule has 90 valence electrons. The summed E-state index contributed by atoms with van der Waals surface area (Å²) < 4.78 is 0. The molecule has 0 atom stereocenters. The Hall–Kier alpha value is -1.73. The van der Waals surface area contributed by atoms with Crippen molar-refractivity contribution in [3.8, 4) is 0 Å². The molecule has 1 fully saturated rings. The zero-order valence-electron chi connectivity index (χ0n) is 9.94. The number of hydrogen-bond donors (Lipinski definition) is 0. The lowest BCUT2D eigenvalue weighted by Gasteiger charge is -2.21. The highest BCUT2D eigenvalue weighted by Crippen LogP contribution is 2.30. The highest BCUT2D eigenvalue weighted by Gasteiger charge is 2.19. The van der Waals surface area contributed by atoms with Gasteiger partial charge in [-0.1, -0.05) is 29.8 Å². The third-order valence-corrected chi connectivity index (χ3v) is 3.09. The summed E-state index contributed by atoms with van der Waals surface area (Å²) in [7, 11) is 0. The topological polar surface area (TPSA) is 51.2 Å². The van der Waals surface area contributed by atoms with Gasteiger partial charge in [0, 0.05) is 12.8 Å². The lowest BCUT2D eigenvalue weighted by Crippen LogP contribution is -2.12. The largest absolute Gasteiger partial charge is 0.373 e. The minimum Gasteiger partial charge on any atom is -0.300 e. The third kappa shape index (κ3) is 4.33. The molecule has 0 radical (unpaired) electrons. The van der Waals surface area contributed by atoms with Crippen LogP contribution in [0.25, 0.3) is 0 Å². The first-order valence-electron chi connectivity index (χ1n) is 5.75. The summed E-state index contributed by atoms with van der Waals surface area (Å²) in [6.07, 6.45) is 3.89. The van der Waals surface area contributed by atoms with Gasteiger partial charge < -0.3 is 0 Å². The molecule has 1 aliphatic rings. The first-order chi connectivity index (χ1) is 8.17. The Morgan fingerprint density at radius 3 is 2.00 bits per heavy atom. The molecule has 0 aliphatic heterocycles. The Balaban J connectivity index is 0.000000437. The third-order valence-electron chi connectivity index (χ3n) is 3.09. The summed E-state index contributed by atoms with van der Waals surface area (Å²) in [6.45, 7) is 2.11. The molecule has 0 heterocycles. The molecule has 2 rings (SSSR count). The Bertz CT molecular complexity index is 390. The summed E-state index contributed by atoms with van der Waals surface area (Å²) >= 11 is 0. The lowest BCUT2D eigenvalue weighted by molar-refractivity contribution is -0.191. The summed E-state index contributed by atoms with van der Waals surface area (Å²) in [4.78, 5) is 27.3. The fourth-order valence-corrected chi connectivity index (χ4v) is 2.11. The van der Waals surface area contributed by atoms with Gasteiger partial charge in [0.05, 0.1) is 0 Å². The average molecular weight is 232 g/mol. The molecule has 0 saturated heterocycles. The van der Waals surface area contributed by atoms with Crippen molar-refractivity contribution in [1.29, 1.82) is 0 Å². The first-order valence-corrected chi connectivity index (χ1v) is 5.75. The average Bonchev–Trinajstić information content (AvgIpc) is 2.32. The molecule has 3 nitrogen and oxygen atoms in total. The summed E-state index contributed by atoms with van der Waals surface area (Å²) in [5.74, 6) is 1.06. The van der Waals surface area contributed by atoms with Crippen LogP contribution in [0.4, 0.5) is 0 Å². The van der Waals surface area contributed by atoms with Crippen LogP contribution in [-0.4, -0.2) is 11.9 Å². The fraction of sp³-hybridized carbons (Fsp3) is 0.429. The number of carbonyl (C=O) groups excluding carboxylic acids is 3. The number of rotatable bonds is 1. The van der Waals surface area contributed by atoms with Crippen LogP contribution in [-0.2, 0) is 14.4 Å². The molecule has 1 aromatic rings. The molecular weight excluding hydrogens is 216 g/mol. The van der Waals surface area contributed by atoms with Crippen LogP contribution < -0.4 is 0 Å². The van der Waals surface area contributed by atoms with Crippen molar-refractivity contribution in [1.82, 2.24) is 0 Å². The van der Waals surface area contributed by atoms with E-state index in [0.717, 1.165) is 25.7 Å². The van der Waals surface area contributed by atoms with E-state index in [1.165, 1.54) is 11.1 Å². The molecule has 0 bridgehead atoms. The van der Waals surface area contributed by atoms with E-state index in [1.807, 2.05) is 0 Å². The quantitative estimate of drug-likeness (QED) is 0.748. The smallest absolute Gasteiger partial charge is 0.300 e. The van der Waals surface area contributed by atoms with Gasteiger partial charge in [0.15, 0.2) is 0 Å². The molecule has 0 unspecified atom stereocenters. The van der Waals surface area contributed by atoms with Crippen molar-refractivity contribution in [2.24, 2.45) is 0 Å². The van der Waals surface area contributed by atoms with Gasteiger partial charge in [0.25, 0.3) is 0 Å². The predicted molar refractivity (Wildman–Crippen MR) is 62.4 cm³/mol. The van der Waals surface area contributed by atoms with Crippen LogP contribution in [0.2, 0.25) is 0 Å². The molecular formula is C14H16O3. The zero-order chi connectivity index (χ0) is 12.7. The predicted octanol–water partition coefficient (Wildman–Crippen LogP) is 2.64. The molecule has 0 amide bonds. The zero-order valence-corrected chi connectivity index (χ0v) is 9.94. The van der Waals surface area contributed by atoms with E-state index in [1.54, 1.807) is 0 Å². The van der Waals surface area contributed by atoms with E-state index in [4.69, 9.17) is 9.59 Å². The van der Waals surface area contributed by atoms with Gasteiger partial charge in [-0.3, -0.25) is 4.79 Å². The van der Waals surface area contributed by atoms with Gasteiger partial charge >= 0.3 is 6.15 Å². The summed E-state index contributed by atoms with van der Waals surface area (Å²) in [5, 5.41) is 0. The van der Waals surface area contributed by atoms with Crippen LogP contribution in [0.5, 0.6) is 0 Å². The van der Waals surface area contributed by atoms with Crippen LogP contribution in [0, 0.1) is 6.92 Å². The second-order valence-corrected chi connectivity index (χ2v) is 4.31.